The minimum atomic E-state index is -0.842. The third-order valence-electron chi connectivity index (χ3n) is 18.9. The van der Waals surface area contributed by atoms with E-state index in [9.17, 15) is 19.8 Å². The van der Waals surface area contributed by atoms with E-state index in [1.54, 1.807) is 6.08 Å². The maximum Gasteiger partial charge on any atom is 0.305 e. The van der Waals surface area contributed by atoms with Crippen LogP contribution in [0, 0.1) is 0 Å². The molecule has 0 bridgehead atoms. The molecule has 0 heterocycles. The van der Waals surface area contributed by atoms with Crippen LogP contribution in [0.4, 0.5) is 0 Å². The summed E-state index contributed by atoms with van der Waals surface area (Å²) >= 11 is 0. The monoisotopic (exact) mass is 1240 g/mol. The number of ether oxygens (including phenoxy) is 1. The molecule has 0 spiro atoms. The number of aliphatic hydroxyl groups is 2. The average molecular weight is 1240 g/mol. The van der Waals surface area contributed by atoms with E-state index in [0.29, 0.717) is 19.4 Å². The van der Waals surface area contributed by atoms with Crippen molar-refractivity contribution in [2.45, 2.75) is 463 Å². The van der Waals surface area contributed by atoms with Crippen molar-refractivity contribution in [1.29, 1.82) is 0 Å². The van der Waals surface area contributed by atoms with Crippen LogP contribution in [0.1, 0.15) is 450 Å². The molecule has 0 aliphatic rings. The Hall–Kier alpha value is -1.92. The molecule has 0 fully saturated rings. The minimum absolute atomic E-state index is 0.0150. The first kappa shape index (κ1) is 86.1. The van der Waals surface area contributed by atoms with E-state index in [1.165, 1.54) is 379 Å². The minimum Gasteiger partial charge on any atom is -0.466 e. The predicted octanol–water partition coefficient (Wildman–Crippen LogP) is 26.6. The van der Waals surface area contributed by atoms with Crippen molar-refractivity contribution < 1.29 is 24.5 Å². The number of nitrogens with one attached hydrogen (secondary N) is 1. The molecular formula is C82H157NO5. The summed E-state index contributed by atoms with van der Waals surface area (Å²) in [4.78, 5) is 24.6. The van der Waals surface area contributed by atoms with Crippen LogP contribution in [0.25, 0.3) is 0 Å². The number of aliphatic hydroxyl groups excluding tert-OH is 2. The van der Waals surface area contributed by atoms with Crippen molar-refractivity contribution in [3.63, 3.8) is 0 Å². The van der Waals surface area contributed by atoms with Gasteiger partial charge in [0, 0.05) is 12.8 Å². The van der Waals surface area contributed by atoms with Gasteiger partial charge in [0.2, 0.25) is 5.91 Å². The number of esters is 1. The average Bonchev–Trinajstić information content (AvgIpc) is 3.58. The molecule has 0 saturated heterocycles. The third-order valence-corrected chi connectivity index (χ3v) is 18.9. The smallest absolute Gasteiger partial charge is 0.305 e. The van der Waals surface area contributed by atoms with Crippen LogP contribution in [-0.2, 0) is 14.3 Å². The highest BCUT2D eigenvalue weighted by Gasteiger charge is 2.18. The summed E-state index contributed by atoms with van der Waals surface area (Å²) in [7, 11) is 0. The quantitative estimate of drug-likeness (QED) is 0.0320. The highest BCUT2D eigenvalue weighted by molar-refractivity contribution is 5.76. The van der Waals surface area contributed by atoms with Crippen molar-refractivity contribution in [2.24, 2.45) is 0 Å². The molecule has 6 nitrogen and oxygen atoms in total. The van der Waals surface area contributed by atoms with Gasteiger partial charge in [-0.15, -0.1) is 0 Å². The molecule has 0 rings (SSSR count). The van der Waals surface area contributed by atoms with E-state index in [2.05, 4.69) is 43.5 Å². The number of allylic oxidation sites excluding steroid dienone is 5. The van der Waals surface area contributed by atoms with E-state index in [-0.39, 0.29) is 18.5 Å². The summed E-state index contributed by atoms with van der Waals surface area (Å²) in [5.74, 6) is -0.0451. The molecule has 0 radical (unpaired) electrons. The van der Waals surface area contributed by atoms with Crippen LogP contribution in [0.2, 0.25) is 0 Å². The summed E-state index contributed by atoms with van der Waals surface area (Å²) in [6.45, 7) is 4.94. The summed E-state index contributed by atoms with van der Waals surface area (Å²) in [5.41, 5.74) is 0. The number of carbonyl (C=O) groups is 2. The van der Waals surface area contributed by atoms with Gasteiger partial charge in [0.25, 0.3) is 0 Å². The second kappa shape index (κ2) is 77.5. The summed E-state index contributed by atoms with van der Waals surface area (Å²) in [5, 5.41) is 23.2. The topological polar surface area (TPSA) is 95.9 Å². The first-order valence-corrected chi connectivity index (χ1v) is 40.3. The molecule has 6 heteroatoms. The van der Waals surface area contributed by atoms with Gasteiger partial charge < -0.3 is 20.3 Å². The maximum absolute atomic E-state index is 12.5. The molecule has 2 atom stereocenters. The Morgan fingerprint density at radius 3 is 0.807 bits per heavy atom. The predicted molar refractivity (Wildman–Crippen MR) is 389 cm³/mol. The van der Waals surface area contributed by atoms with Crippen LogP contribution >= 0.6 is 0 Å². The summed E-state index contributed by atoms with van der Waals surface area (Å²) in [6.07, 6.45) is 101. The molecule has 0 aliphatic carbocycles. The van der Waals surface area contributed by atoms with E-state index in [1.807, 2.05) is 6.08 Å². The van der Waals surface area contributed by atoms with Gasteiger partial charge in [0.15, 0.2) is 0 Å². The van der Waals surface area contributed by atoms with Gasteiger partial charge in [-0.2, -0.15) is 0 Å². The maximum atomic E-state index is 12.5. The van der Waals surface area contributed by atoms with Gasteiger partial charge in [-0.05, 0) is 83.5 Å². The van der Waals surface area contributed by atoms with E-state index >= 15 is 0 Å². The van der Waals surface area contributed by atoms with Gasteiger partial charge in [0.05, 0.1) is 25.4 Å². The van der Waals surface area contributed by atoms with Crippen LogP contribution in [-0.4, -0.2) is 47.4 Å². The Labute approximate surface area is 551 Å². The zero-order valence-electron chi connectivity index (χ0n) is 59.7. The summed E-state index contributed by atoms with van der Waals surface area (Å²) in [6, 6.07) is -0.625. The molecular weight excluding hydrogens is 1080 g/mol. The summed E-state index contributed by atoms with van der Waals surface area (Å²) < 4.78 is 5.50. The molecule has 3 N–H and O–H groups in total. The number of hydrogen-bond donors (Lipinski definition) is 3. The van der Waals surface area contributed by atoms with E-state index in [0.717, 1.165) is 44.9 Å². The van der Waals surface area contributed by atoms with Crippen LogP contribution in [0.3, 0.4) is 0 Å². The Morgan fingerprint density at radius 2 is 0.534 bits per heavy atom. The van der Waals surface area contributed by atoms with Crippen molar-refractivity contribution in [3.05, 3.63) is 36.5 Å². The molecule has 1 amide bonds. The fourth-order valence-corrected chi connectivity index (χ4v) is 12.7. The molecule has 520 valence electrons. The fraction of sp³-hybridized carbons (Fsp3) is 0.902. The number of carbonyl (C=O) groups excluding carboxylic acids is 2. The molecule has 88 heavy (non-hydrogen) atoms. The highest BCUT2D eigenvalue weighted by Crippen LogP contribution is 2.20. The molecule has 2 unspecified atom stereocenters. The second-order valence-electron chi connectivity index (χ2n) is 27.7. The molecule has 0 saturated carbocycles. The lowest BCUT2D eigenvalue weighted by Crippen LogP contribution is -2.45. The van der Waals surface area contributed by atoms with Crippen molar-refractivity contribution in [1.82, 2.24) is 5.32 Å². The first-order valence-electron chi connectivity index (χ1n) is 40.3. The number of amides is 1. The highest BCUT2D eigenvalue weighted by atomic mass is 16.5. The Morgan fingerprint density at radius 1 is 0.307 bits per heavy atom. The number of hydrogen-bond acceptors (Lipinski definition) is 5. The molecule has 0 aromatic rings. The number of unbranched alkanes of at least 4 members (excludes halogenated alkanes) is 61. The third kappa shape index (κ3) is 73.1. The second-order valence-corrected chi connectivity index (χ2v) is 27.7. The standard InChI is InChI=1S/C82H157NO5/c1-3-5-7-9-11-13-15-17-19-43-47-50-54-58-62-66-70-74-80(85)79(78-84)83-81(86)75-71-67-63-59-55-51-48-44-41-39-37-35-33-31-29-27-25-23-21-20-22-24-26-28-30-32-34-36-38-40-42-45-49-53-57-61-65-69-73-77-88-82(87)76-72-68-64-60-56-52-46-18-16-14-12-10-8-6-4-2/h18,20-21,46,70,74,79-80,84-85H,3-17,19,22-45,47-69,71-73,75-78H2,1-2H3,(H,83,86)/b21-20-,46-18-,74-70+. The lowest BCUT2D eigenvalue weighted by Gasteiger charge is -2.20. The number of rotatable bonds is 76. The molecule has 0 aromatic heterocycles. The van der Waals surface area contributed by atoms with Crippen LogP contribution < -0.4 is 5.32 Å². The van der Waals surface area contributed by atoms with Crippen molar-refractivity contribution in [2.75, 3.05) is 13.2 Å². The van der Waals surface area contributed by atoms with Gasteiger partial charge >= 0.3 is 5.97 Å². The molecule has 0 aromatic carbocycles. The SMILES string of the molecule is CCCCCCCC/C=C\CCCCCCCC(=O)OCCCCCCCCCCCCCCCCCCCC/C=C\CCCCCCCCCCCCCCCCCCCC(=O)NC(CO)C(O)/C=C/CCCCCCCCCCCCCCCCC. The van der Waals surface area contributed by atoms with Gasteiger partial charge in [-0.3, -0.25) is 9.59 Å². The Bertz CT molecular complexity index is 1430. The van der Waals surface area contributed by atoms with Crippen LogP contribution in [0.15, 0.2) is 36.5 Å². The van der Waals surface area contributed by atoms with Crippen molar-refractivity contribution >= 4 is 11.9 Å². The lowest BCUT2D eigenvalue weighted by molar-refractivity contribution is -0.143. The van der Waals surface area contributed by atoms with Crippen LogP contribution in [0.5, 0.6) is 0 Å². The van der Waals surface area contributed by atoms with Gasteiger partial charge in [0.1, 0.15) is 0 Å². The van der Waals surface area contributed by atoms with Gasteiger partial charge in [-0.1, -0.05) is 391 Å². The lowest BCUT2D eigenvalue weighted by atomic mass is 10.0. The van der Waals surface area contributed by atoms with Gasteiger partial charge in [-0.25, -0.2) is 0 Å². The largest absolute Gasteiger partial charge is 0.466 e. The Balaban J connectivity index is 3.33. The Kier molecular flexibility index (Phi) is 75.8. The zero-order chi connectivity index (χ0) is 63.5. The molecule has 0 aliphatic heterocycles. The normalized spacial score (nSPS) is 12.6. The first-order chi connectivity index (χ1) is 43.5. The van der Waals surface area contributed by atoms with E-state index in [4.69, 9.17) is 4.74 Å². The van der Waals surface area contributed by atoms with E-state index < -0.39 is 12.1 Å². The van der Waals surface area contributed by atoms with Crippen molar-refractivity contribution in [3.8, 4) is 0 Å². The fourth-order valence-electron chi connectivity index (χ4n) is 12.7. The zero-order valence-corrected chi connectivity index (χ0v) is 59.7.